The van der Waals surface area contributed by atoms with Crippen LogP contribution < -0.4 is 0 Å². The molecule has 15 rings (SSSR count). The van der Waals surface area contributed by atoms with Gasteiger partial charge in [-0.1, -0.05) is 233 Å². The minimum absolute atomic E-state index is 0.359. The van der Waals surface area contributed by atoms with E-state index in [9.17, 15) is 0 Å². The van der Waals surface area contributed by atoms with Crippen LogP contribution in [0.3, 0.4) is 0 Å². The van der Waals surface area contributed by atoms with Gasteiger partial charge in [-0.25, -0.2) is 0 Å². The van der Waals surface area contributed by atoms with E-state index in [4.69, 9.17) is 52.1 Å². The maximum absolute atomic E-state index is 5.99. The number of rotatable bonds is 31. The number of fused-ring (bicyclic) bond motifs is 10. The second-order valence-corrected chi connectivity index (χ2v) is 51.8. The third-order valence-electron chi connectivity index (χ3n) is 35.8. The van der Waals surface area contributed by atoms with E-state index in [0.717, 1.165) is 190 Å². The first kappa shape index (κ1) is 121. The van der Waals surface area contributed by atoms with Crippen molar-refractivity contribution >= 4 is 0 Å². The molecule has 14 unspecified atom stereocenters. The quantitative estimate of drug-likeness (QED) is 0.0620. The molecule has 11 nitrogen and oxygen atoms in total. The normalized spacial score (nSPS) is 31.9. The molecule has 10 bridgehead atoms. The predicted molar refractivity (Wildman–Crippen MR) is 547 cm³/mol. The Labute approximate surface area is 794 Å². The standard InChI is InChI=1S/C13H24O.3C12H22O.C12H24O.C11H20O.C11H22O.C9H18O.C9H20O.C8H18O.C7H16O/c1-6-14-11-9-7-8-10(12(9,2)3)13(11,4)5;1-5-13-10-11(2,3)9-6-7-12(10,4)8-9;1-4-13-8-9-5-10-7-11(6-9)12(10,2)3;1-4-13-8-9-5-6-10-7-11(9)12(10,2)3;1-6-13-10-11(2,3)8-7-9-12(10,4)5;1-4-12-10-8-5-6-9(7-8)11(10,2)3;1-6-12-9-10(2,3)7-8-11(9,4)5;1-3-10-8-9(2)6-4-5-7-9;1-5-9(3,4)7-8-10-6-2;1-5-9-7-6-8(2,3)4;1-4-8-6-5-7(2)3/h9-11H,6-8H2,1-5H3;9-10H,5-8H2,1-4H3;2*9-11H,4-8H2,1-3H3;10H,6-9H2,1-5H3;8-10H,4-7H2,1-3H3;9H,6-8H2,1-5H3;3-8H2,1-2H3;5-8H2,1-4H3;5-7H2,1-4H3;7H,4-6H2,1-3H3. The Morgan fingerprint density at radius 1 is 0.323 bits per heavy atom. The number of hydrogen-bond donors (Lipinski definition) is 0. The molecule has 0 N–H and O–H groups in total. The van der Waals surface area contributed by atoms with Crippen molar-refractivity contribution < 1.29 is 52.1 Å². The van der Waals surface area contributed by atoms with Crippen LogP contribution in [0.25, 0.3) is 0 Å². The van der Waals surface area contributed by atoms with Gasteiger partial charge in [-0.05, 0) is 371 Å². The van der Waals surface area contributed by atoms with Gasteiger partial charge in [-0.2, -0.15) is 0 Å². The summed E-state index contributed by atoms with van der Waals surface area (Å²) < 4.78 is 61.7. The lowest BCUT2D eigenvalue weighted by Crippen LogP contribution is -2.53. The van der Waals surface area contributed by atoms with E-state index in [-0.39, 0.29) is 0 Å². The lowest BCUT2D eigenvalue weighted by Gasteiger charge is -2.60. The van der Waals surface area contributed by atoms with E-state index in [2.05, 4.69) is 263 Å². The smallest absolute Gasteiger partial charge is 0.0682 e. The summed E-state index contributed by atoms with van der Waals surface area (Å²) in [6, 6.07) is 0. The van der Waals surface area contributed by atoms with Gasteiger partial charge in [-0.15, -0.1) is 0 Å². The van der Waals surface area contributed by atoms with Crippen LogP contribution in [0.2, 0.25) is 0 Å². The van der Waals surface area contributed by atoms with Gasteiger partial charge in [0.25, 0.3) is 0 Å². The fourth-order valence-corrected chi connectivity index (χ4v) is 27.2. The molecule has 14 atom stereocenters. The van der Waals surface area contributed by atoms with Crippen LogP contribution in [-0.4, -0.2) is 143 Å². The maximum atomic E-state index is 5.99. The molecule has 0 aliphatic heterocycles. The first-order valence-corrected chi connectivity index (χ1v) is 54.4. The summed E-state index contributed by atoms with van der Waals surface area (Å²) in [7, 11) is 0. The minimum atomic E-state index is 0.359. The summed E-state index contributed by atoms with van der Waals surface area (Å²) in [4.78, 5) is 0. The molecule has 15 aliphatic rings. The highest BCUT2D eigenvalue weighted by Crippen LogP contribution is 2.68. The van der Waals surface area contributed by atoms with Gasteiger partial charge < -0.3 is 52.1 Å². The Morgan fingerprint density at radius 2 is 0.780 bits per heavy atom. The SMILES string of the molecule is CCOC1C(C)(C)CCC1(C)C.CCOC1C(C)(C)CCCC1(C)C.CCOC1C2(C)CCC(C2)C1(C)C.CCOC1C2CCC(C2(C)C)C1(C)C.CCOC1C2CCC(C2)C1(C)C.CCOCC1(C)CCCC1.CCOCC1CC2CC(C1)C2(C)C.CCOCC1CCC2CC1C2(C)C.CCOCCC(C)(C)C.CCOCCC(C)(C)CC.CCOCCC(C)C. The van der Waals surface area contributed by atoms with Crippen LogP contribution in [-0.2, 0) is 52.1 Å². The molecule has 758 valence electrons. The van der Waals surface area contributed by atoms with Crippen molar-refractivity contribution in [1.29, 1.82) is 0 Å². The highest BCUT2D eigenvalue weighted by Gasteiger charge is 2.64. The average molecular weight is 1800 g/mol. The van der Waals surface area contributed by atoms with E-state index >= 15 is 0 Å². The molecular formula is C116H228O11. The zero-order valence-electron chi connectivity index (χ0n) is 93.4. The lowest BCUT2D eigenvalue weighted by atomic mass is 9.46. The van der Waals surface area contributed by atoms with E-state index < -0.39 is 0 Å². The van der Waals surface area contributed by atoms with Crippen molar-refractivity contribution in [3.63, 3.8) is 0 Å². The van der Waals surface area contributed by atoms with Crippen LogP contribution in [0.15, 0.2) is 0 Å². The van der Waals surface area contributed by atoms with E-state index in [1.54, 1.807) is 0 Å². The van der Waals surface area contributed by atoms with Gasteiger partial charge in [0, 0.05) is 106 Å². The van der Waals surface area contributed by atoms with Crippen molar-refractivity contribution in [1.82, 2.24) is 0 Å². The minimum Gasteiger partial charge on any atom is -0.382 e. The van der Waals surface area contributed by atoms with E-state index in [1.165, 1.54) is 167 Å². The van der Waals surface area contributed by atoms with Crippen molar-refractivity contribution in [3.8, 4) is 0 Å². The molecule has 15 saturated carbocycles. The molecule has 0 radical (unpaired) electrons. The molecule has 0 saturated heterocycles. The Hall–Kier alpha value is -0.440. The Kier molecular flexibility index (Phi) is 51.5. The van der Waals surface area contributed by atoms with Crippen molar-refractivity contribution in [2.45, 2.75) is 488 Å². The summed E-state index contributed by atoms with van der Waals surface area (Å²) in [5.41, 5.74) is 6.43. The van der Waals surface area contributed by atoms with Crippen molar-refractivity contribution in [3.05, 3.63) is 0 Å². The molecule has 15 aliphatic carbocycles. The summed E-state index contributed by atoms with van der Waals surface area (Å²) in [5.74, 6) is 10.9. The van der Waals surface area contributed by atoms with Gasteiger partial charge in [-0.3, -0.25) is 0 Å². The number of ether oxygens (including phenoxy) is 11. The molecule has 0 heterocycles. The molecule has 0 amide bonds. The fraction of sp³-hybridized carbons (Fsp3) is 1.00. The third kappa shape index (κ3) is 35.8. The van der Waals surface area contributed by atoms with Crippen LogP contribution in [0, 0.1) is 147 Å². The third-order valence-corrected chi connectivity index (χ3v) is 35.8. The molecule has 127 heavy (non-hydrogen) atoms. The fourth-order valence-electron chi connectivity index (χ4n) is 27.2. The van der Waals surface area contributed by atoms with Gasteiger partial charge in [0.15, 0.2) is 0 Å². The van der Waals surface area contributed by atoms with Gasteiger partial charge >= 0.3 is 0 Å². The molecule has 15 fully saturated rings. The molecular weight excluding hydrogens is 1570 g/mol. The lowest BCUT2D eigenvalue weighted by molar-refractivity contribution is -0.123. The second-order valence-electron chi connectivity index (χ2n) is 51.8. The zero-order chi connectivity index (χ0) is 96.7. The summed E-state index contributed by atoms with van der Waals surface area (Å²) in [6.45, 7) is 108. The first-order valence-electron chi connectivity index (χ1n) is 54.4. The molecule has 0 aromatic heterocycles. The van der Waals surface area contributed by atoms with Crippen LogP contribution in [0.4, 0.5) is 0 Å². The zero-order valence-corrected chi connectivity index (χ0v) is 93.4. The number of hydrogen-bond acceptors (Lipinski definition) is 11. The highest BCUT2D eigenvalue weighted by atomic mass is 16.5. The van der Waals surface area contributed by atoms with E-state index in [0.29, 0.717) is 106 Å². The summed E-state index contributed by atoms with van der Waals surface area (Å²) in [6.07, 6.45) is 39.2. The Morgan fingerprint density at radius 3 is 1.19 bits per heavy atom. The van der Waals surface area contributed by atoms with Gasteiger partial charge in [0.05, 0.1) is 37.1 Å². The summed E-state index contributed by atoms with van der Waals surface area (Å²) >= 11 is 0. The monoisotopic (exact) mass is 1800 g/mol. The Balaban J connectivity index is 0.000000362. The summed E-state index contributed by atoms with van der Waals surface area (Å²) in [5, 5.41) is 0. The topological polar surface area (TPSA) is 102 Å². The van der Waals surface area contributed by atoms with Crippen LogP contribution in [0.1, 0.15) is 457 Å². The van der Waals surface area contributed by atoms with Crippen molar-refractivity contribution in [2.75, 3.05) is 112 Å². The van der Waals surface area contributed by atoms with Crippen LogP contribution >= 0.6 is 0 Å². The highest BCUT2D eigenvalue weighted by molar-refractivity contribution is 5.13. The molecule has 0 spiro atoms. The van der Waals surface area contributed by atoms with Crippen molar-refractivity contribution in [2.24, 2.45) is 147 Å². The first-order chi connectivity index (χ1) is 58.9. The molecule has 11 heteroatoms. The second kappa shape index (κ2) is 54.2. The maximum Gasteiger partial charge on any atom is 0.0682 e. The largest absolute Gasteiger partial charge is 0.382 e. The Bertz CT molecular complexity index is 2810. The van der Waals surface area contributed by atoms with Gasteiger partial charge in [0.2, 0.25) is 0 Å². The average Bonchev–Trinajstić information content (AvgIpc) is 1.59. The predicted octanol–water partition coefficient (Wildman–Crippen LogP) is 32.6. The van der Waals surface area contributed by atoms with E-state index in [1.807, 2.05) is 20.8 Å². The van der Waals surface area contributed by atoms with Gasteiger partial charge in [0.1, 0.15) is 0 Å². The molecule has 0 aromatic carbocycles. The molecule has 0 aromatic rings. The van der Waals surface area contributed by atoms with Crippen LogP contribution in [0.5, 0.6) is 0 Å².